The fourth-order valence-corrected chi connectivity index (χ4v) is 3.53. The Morgan fingerprint density at radius 1 is 1.24 bits per heavy atom. The largest absolute Gasteiger partial charge is 0.365 e. The molecule has 0 radical (unpaired) electrons. The van der Waals surface area contributed by atoms with E-state index in [2.05, 4.69) is 32.3 Å². The quantitative estimate of drug-likeness (QED) is 0.790. The molecule has 3 heterocycles. The highest BCUT2D eigenvalue weighted by Gasteiger charge is 2.25. The van der Waals surface area contributed by atoms with Crippen LogP contribution in [0.1, 0.15) is 31.7 Å². The maximum absolute atomic E-state index is 14.2. The molecule has 0 aliphatic heterocycles. The van der Waals surface area contributed by atoms with Gasteiger partial charge in [-0.05, 0) is 37.3 Å². The second kappa shape index (κ2) is 6.06. The van der Waals surface area contributed by atoms with Crippen molar-refractivity contribution in [3.8, 4) is 11.5 Å². The van der Waals surface area contributed by atoms with Crippen LogP contribution in [0, 0.1) is 18.7 Å². The molecule has 25 heavy (non-hydrogen) atoms. The van der Waals surface area contributed by atoms with Crippen LogP contribution in [0.3, 0.4) is 0 Å². The van der Waals surface area contributed by atoms with Crippen molar-refractivity contribution in [1.82, 2.24) is 24.7 Å². The molecule has 0 amide bonds. The molecule has 1 aliphatic carbocycles. The van der Waals surface area contributed by atoms with E-state index in [0.717, 1.165) is 35.9 Å². The highest BCUT2D eigenvalue weighted by Crippen LogP contribution is 2.30. The first kappa shape index (κ1) is 15.9. The SMILES string of the molecule is Cc1cnc2c(c1)c(-c1ncc(F)c(NC3CCCC3C)n1)nn2C. The normalized spacial score (nSPS) is 20.3. The Kier molecular flexibility index (Phi) is 3.86. The Labute approximate surface area is 145 Å². The Balaban J connectivity index is 1.76. The van der Waals surface area contributed by atoms with Gasteiger partial charge in [0.15, 0.2) is 23.1 Å². The van der Waals surface area contributed by atoms with Crippen LogP contribution < -0.4 is 5.32 Å². The standard InChI is InChI=1S/C18H21FN6/c1-10-7-12-15(24-25(3)18(12)21-8-10)17-20-9-13(19)16(23-17)22-14-6-4-5-11(14)2/h7-9,11,14H,4-6H2,1-3H3,(H,20,22,23). The van der Waals surface area contributed by atoms with Gasteiger partial charge < -0.3 is 5.32 Å². The van der Waals surface area contributed by atoms with E-state index in [1.54, 1.807) is 10.9 Å². The summed E-state index contributed by atoms with van der Waals surface area (Å²) in [7, 11) is 1.83. The van der Waals surface area contributed by atoms with Gasteiger partial charge in [0.1, 0.15) is 5.69 Å². The number of aromatic nitrogens is 5. The van der Waals surface area contributed by atoms with Crippen LogP contribution in [0.4, 0.5) is 10.2 Å². The summed E-state index contributed by atoms with van der Waals surface area (Å²) in [4.78, 5) is 13.0. The van der Waals surface area contributed by atoms with Gasteiger partial charge in [-0.15, -0.1) is 0 Å². The van der Waals surface area contributed by atoms with Gasteiger partial charge in [-0.25, -0.2) is 24.0 Å². The van der Waals surface area contributed by atoms with Gasteiger partial charge in [-0.1, -0.05) is 13.3 Å². The van der Waals surface area contributed by atoms with E-state index in [1.807, 2.05) is 20.0 Å². The van der Waals surface area contributed by atoms with Crippen LogP contribution in [0.2, 0.25) is 0 Å². The van der Waals surface area contributed by atoms with Crippen LogP contribution in [0.25, 0.3) is 22.6 Å². The maximum Gasteiger partial charge on any atom is 0.183 e. The van der Waals surface area contributed by atoms with Gasteiger partial charge in [-0.2, -0.15) is 5.10 Å². The third-order valence-electron chi connectivity index (χ3n) is 4.95. The molecule has 4 rings (SSSR count). The lowest BCUT2D eigenvalue weighted by Crippen LogP contribution is -2.23. The van der Waals surface area contributed by atoms with Crippen molar-refractivity contribution in [2.45, 2.75) is 39.2 Å². The molecular weight excluding hydrogens is 319 g/mol. The van der Waals surface area contributed by atoms with Gasteiger partial charge in [-0.3, -0.25) is 0 Å². The molecule has 0 bridgehead atoms. The molecule has 0 spiro atoms. The molecule has 1 N–H and O–H groups in total. The summed E-state index contributed by atoms with van der Waals surface area (Å²) in [5.41, 5.74) is 2.41. The zero-order valence-electron chi connectivity index (χ0n) is 14.6. The highest BCUT2D eigenvalue weighted by atomic mass is 19.1. The van der Waals surface area contributed by atoms with E-state index >= 15 is 0 Å². The Bertz CT molecular complexity index is 935. The van der Waals surface area contributed by atoms with Crippen molar-refractivity contribution in [2.75, 3.05) is 5.32 Å². The number of anilines is 1. The molecule has 7 heteroatoms. The fourth-order valence-electron chi connectivity index (χ4n) is 3.53. The van der Waals surface area contributed by atoms with E-state index in [4.69, 9.17) is 0 Å². The molecule has 3 aromatic heterocycles. The molecule has 1 fully saturated rings. The molecule has 130 valence electrons. The summed E-state index contributed by atoms with van der Waals surface area (Å²) >= 11 is 0. The predicted octanol–water partition coefficient (Wildman–Crippen LogP) is 3.47. The number of nitrogens with zero attached hydrogens (tertiary/aromatic N) is 5. The third-order valence-corrected chi connectivity index (χ3v) is 4.95. The van der Waals surface area contributed by atoms with Crippen LogP contribution in [0.5, 0.6) is 0 Å². The summed E-state index contributed by atoms with van der Waals surface area (Å²) < 4.78 is 15.9. The van der Waals surface area contributed by atoms with Crippen LogP contribution >= 0.6 is 0 Å². The number of pyridine rings is 1. The lowest BCUT2D eigenvalue weighted by molar-refractivity contribution is 0.545. The number of rotatable bonds is 3. The molecule has 0 saturated heterocycles. The Morgan fingerprint density at radius 2 is 2.08 bits per heavy atom. The Hall–Kier alpha value is -2.57. The number of fused-ring (bicyclic) bond motifs is 1. The van der Waals surface area contributed by atoms with Crippen molar-refractivity contribution in [3.63, 3.8) is 0 Å². The molecule has 2 unspecified atom stereocenters. The lowest BCUT2D eigenvalue weighted by Gasteiger charge is -2.18. The second-order valence-corrected chi connectivity index (χ2v) is 6.91. The number of halogens is 1. The average Bonchev–Trinajstić information content (AvgIpc) is 3.13. The Morgan fingerprint density at radius 3 is 2.84 bits per heavy atom. The minimum absolute atomic E-state index is 0.252. The number of hydrogen-bond donors (Lipinski definition) is 1. The molecule has 6 nitrogen and oxygen atoms in total. The molecule has 0 aromatic carbocycles. The van der Waals surface area contributed by atoms with Gasteiger partial charge >= 0.3 is 0 Å². The number of nitrogens with one attached hydrogen (secondary N) is 1. The maximum atomic E-state index is 14.2. The monoisotopic (exact) mass is 340 g/mol. The number of aryl methyl sites for hydroxylation is 2. The summed E-state index contributed by atoms with van der Waals surface area (Å²) in [6.45, 7) is 4.16. The second-order valence-electron chi connectivity index (χ2n) is 6.91. The fraction of sp³-hybridized carbons (Fsp3) is 0.444. The molecule has 1 saturated carbocycles. The van der Waals surface area contributed by atoms with Crippen molar-refractivity contribution in [3.05, 3.63) is 29.8 Å². The third kappa shape index (κ3) is 2.83. The summed E-state index contributed by atoms with van der Waals surface area (Å²) in [5, 5.41) is 8.63. The number of hydrogen-bond acceptors (Lipinski definition) is 5. The molecular formula is C18H21FN6. The average molecular weight is 340 g/mol. The smallest absolute Gasteiger partial charge is 0.183 e. The van der Waals surface area contributed by atoms with E-state index in [-0.39, 0.29) is 11.9 Å². The van der Waals surface area contributed by atoms with E-state index in [1.165, 1.54) is 6.20 Å². The van der Waals surface area contributed by atoms with Crippen LogP contribution in [-0.2, 0) is 7.05 Å². The summed E-state index contributed by atoms with van der Waals surface area (Å²) in [6.07, 6.45) is 6.37. The van der Waals surface area contributed by atoms with Crippen molar-refractivity contribution < 1.29 is 4.39 Å². The van der Waals surface area contributed by atoms with Gasteiger partial charge in [0.05, 0.1) is 11.6 Å². The lowest BCUT2D eigenvalue weighted by atomic mass is 10.1. The molecule has 2 atom stereocenters. The minimum atomic E-state index is -0.433. The van der Waals surface area contributed by atoms with Crippen molar-refractivity contribution >= 4 is 16.9 Å². The zero-order chi connectivity index (χ0) is 17.6. The first-order chi connectivity index (χ1) is 12.0. The van der Waals surface area contributed by atoms with Gasteiger partial charge in [0, 0.05) is 19.3 Å². The van der Waals surface area contributed by atoms with Crippen LogP contribution in [-0.4, -0.2) is 30.8 Å². The van der Waals surface area contributed by atoms with E-state index < -0.39 is 5.82 Å². The molecule has 3 aromatic rings. The van der Waals surface area contributed by atoms with Crippen molar-refractivity contribution in [1.29, 1.82) is 0 Å². The zero-order valence-corrected chi connectivity index (χ0v) is 14.6. The van der Waals surface area contributed by atoms with Gasteiger partial charge in [0.25, 0.3) is 0 Å². The minimum Gasteiger partial charge on any atom is -0.365 e. The molecule has 1 aliphatic rings. The first-order valence-electron chi connectivity index (χ1n) is 8.61. The topological polar surface area (TPSA) is 68.5 Å². The summed E-state index contributed by atoms with van der Waals surface area (Å²) in [6, 6.07) is 2.26. The van der Waals surface area contributed by atoms with Gasteiger partial charge in [0.2, 0.25) is 0 Å². The van der Waals surface area contributed by atoms with E-state index in [0.29, 0.717) is 17.4 Å². The van der Waals surface area contributed by atoms with Crippen LogP contribution in [0.15, 0.2) is 18.5 Å². The highest BCUT2D eigenvalue weighted by molar-refractivity contribution is 5.89. The van der Waals surface area contributed by atoms with E-state index in [9.17, 15) is 4.39 Å². The summed E-state index contributed by atoms with van der Waals surface area (Å²) in [5.74, 6) is 0.744. The first-order valence-corrected chi connectivity index (χ1v) is 8.61. The predicted molar refractivity (Wildman–Crippen MR) is 94.7 cm³/mol. The van der Waals surface area contributed by atoms with Crippen molar-refractivity contribution in [2.24, 2.45) is 13.0 Å².